The van der Waals surface area contributed by atoms with Gasteiger partial charge in [0.05, 0.1) is 5.41 Å². The average molecular weight is 194 g/mol. The maximum absolute atomic E-state index is 13.0. The Balaban J connectivity index is 2.04. The third kappa shape index (κ3) is 1.94. The van der Waals surface area contributed by atoms with Gasteiger partial charge in [0.15, 0.2) is 0 Å². The Labute approximate surface area is 83.7 Å². The lowest BCUT2D eigenvalue weighted by Crippen LogP contribution is -2.27. The van der Waals surface area contributed by atoms with Crippen LogP contribution in [0, 0.1) is 11.3 Å². The van der Waals surface area contributed by atoms with Crippen LogP contribution < -0.4 is 0 Å². The Morgan fingerprint density at radius 1 is 1.64 bits per heavy atom. The molecule has 1 nitrogen and oxygen atoms in total. The second kappa shape index (κ2) is 3.34. The minimum atomic E-state index is -0.582. The first-order chi connectivity index (χ1) is 6.60. The molecular weight excluding hydrogens is 179 g/mol. The molecule has 2 rings (SSSR count). The number of allylic oxidation sites excluding steroid dienone is 4. The van der Waals surface area contributed by atoms with E-state index in [0.717, 1.165) is 0 Å². The molecule has 0 aliphatic heterocycles. The largest absolute Gasteiger partial charge is 0.299 e. The first kappa shape index (κ1) is 9.63. The van der Waals surface area contributed by atoms with Crippen LogP contribution in [0.3, 0.4) is 0 Å². The molecule has 2 heteroatoms. The van der Waals surface area contributed by atoms with Crippen molar-refractivity contribution in [3.8, 4) is 0 Å². The minimum Gasteiger partial charge on any atom is -0.299 e. The van der Waals surface area contributed by atoms with Crippen LogP contribution in [-0.2, 0) is 4.79 Å². The molecule has 1 saturated carbocycles. The van der Waals surface area contributed by atoms with E-state index in [1.807, 2.05) is 13.0 Å². The van der Waals surface area contributed by atoms with E-state index < -0.39 is 5.41 Å². The van der Waals surface area contributed by atoms with Gasteiger partial charge in [-0.1, -0.05) is 12.2 Å². The summed E-state index contributed by atoms with van der Waals surface area (Å²) in [4.78, 5) is 11.9. The zero-order valence-electron chi connectivity index (χ0n) is 8.42. The molecule has 0 radical (unpaired) electrons. The smallest absolute Gasteiger partial charge is 0.143 e. The molecule has 2 aliphatic carbocycles. The highest BCUT2D eigenvalue weighted by molar-refractivity contribution is 5.87. The molecule has 0 aromatic carbocycles. The average Bonchev–Trinajstić information content (AvgIpc) is 2.87. The van der Waals surface area contributed by atoms with Gasteiger partial charge < -0.3 is 0 Å². The fourth-order valence-electron chi connectivity index (χ4n) is 1.84. The first-order valence-corrected chi connectivity index (χ1v) is 5.17. The van der Waals surface area contributed by atoms with E-state index in [1.54, 1.807) is 6.08 Å². The molecule has 0 amide bonds. The zero-order chi connectivity index (χ0) is 10.2. The van der Waals surface area contributed by atoms with Crippen molar-refractivity contribution in [1.82, 2.24) is 0 Å². The van der Waals surface area contributed by atoms with Crippen LogP contribution in [0.15, 0.2) is 24.1 Å². The molecule has 14 heavy (non-hydrogen) atoms. The van der Waals surface area contributed by atoms with E-state index in [4.69, 9.17) is 0 Å². The Bertz CT molecular complexity index is 312. The van der Waals surface area contributed by atoms with Gasteiger partial charge in [-0.15, -0.1) is 0 Å². The number of hydrogen-bond donors (Lipinski definition) is 0. The Morgan fingerprint density at radius 2 is 2.36 bits per heavy atom. The summed E-state index contributed by atoms with van der Waals surface area (Å²) in [5.41, 5.74) is -0.582. The van der Waals surface area contributed by atoms with Crippen LogP contribution in [0.25, 0.3) is 0 Å². The fourth-order valence-corrected chi connectivity index (χ4v) is 1.84. The van der Waals surface area contributed by atoms with E-state index in [9.17, 15) is 9.18 Å². The molecule has 0 aromatic rings. The number of carbonyl (C=O) groups excluding carboxylic acids is 1. The molecule has 76 valence electrons. The van der Waals surface area contributed by atoms with Crippen LogP contribution in [0.1, 0.15) is 32.6 Å². The zero-order valence-corrected chi connectivity index (χ0v) is 8.42. The molecule has 0 aromatic heterocycles. The third-order valence-corrected chi connectivity index (χ3v) is 3.09. The van der Waals surface area contributed by atoms with Crippen LogP contribution in [0.2, 0.25) is 0 Å². The third-order valence-electron chi connectivity index (χ3n) is 3.09. The van der Waals surface area contributed by atoms with Crippen molar-refractivity contribution < 1.29 is 9.18 Å². The van der Waals surface area contributed by atoms with Gasteiger partial charge in [0.2, 0.25) is 0 Å². The summed E-state index contributed by atoms with van der Waals surface area (Å²) in [6, 6.07) is 0. The standard InChI is InChI=1S/C12H15FO/c1-12(6-2-3-10(13)8-12)11(14)7-9-4-5-9/h2-3,6,9H,4-5,7-8H2,1H3. The number of carbonyl (C=O) groups is 1. The van der Waals surface area contributed by atoms with Gasteiger partial charge in [-0.25, -0.2) is 4.39 Å². The first-order valence-electron chi connectivity index (χ1n) is 5.17. The fraction of sp³-hybridized carbons (Fsp3) is 0.583. The Kier molecular flexibility index (Phi) is 2.30. The van der Waals surface area contributed by atoms with Gasteiger partial charge in [0, 0.05) is 12.8 Å². The summed E-state index contributed by atoms with van der Waals surface area (Å²) in [6.45, 7) is 1.83. The summed E-state index contributed by atoms with van der Waals surface area (Å²) in [5.74, 6) is 0.598. The summed E-state index contributed by atoms with van der Waals surface area (Å²) < 4.78 is 13.0. The molecule has 2 aliphatic rings. The molecule has 0 saturated heterocycles. The number of halogens is 1. The van der Waals surface area contributed by atoms with E-state index in [2.05, 4.69) is 0 Å². The number of ketones is 1. The lowest BCUT2D eigenvalue weighted by molar-refractivity contribution is -0.126. The highest BCUT2D eigenvalue weighted by Gasteiger charge is 2.36. The highest BCUT2D eigenvalue weighted by Crippen LogP contribution is 2.39. The quantitative estimate of drug-likeness (QED) is 0.674. The van der Waals surface area contributed by atoms with Gasteiger partial charge >= 0.3 is 0 Å². The number of hydrogen-bond acceptors (Lipinski definition) is 1. The molecule has 0 bridgehead atoms. The summed E-state index contributed by atoms with van der Waals surface area (Å²) >= 11 is 0. The Hall–Kier alpha value is -0.920. The monoisotopic (exact) mass is 194 g/mol. The van der Waals surface area contributed by atoms with Crippen molar-refractivity contribution in [2.45, 2.75) is 32.6 Å². The minimum absolute atomic E-state index is 0.181. The molecule has 0 N–H and O–H groups in total. The second-order valence-electron chi connectivity index (χ2n) is 4.64. The summed E-state index contributed by atoms with van der Waals surface area (Å²) in [7, 11) is 0. The SMILES string of the molecule is CC1(C(=O)CC2CC2)C=CC=C(F)C1. The molecule has 1 unspecified atom stereocenters. The van der Waals surface area contributed by atoms with Gasteiger partial charge in [-0.3, -0.25) is 4.79 Å². The maximum Gasteiger partial charge on any atom is 0.143 e. The number of rotatable bonds is 3. The van der Waals surface area contributed by atoms with Crippen molar-refractivity contribution in [2.24, 2.45) is 11.3 Å². The van der Waals surface area contributed by atoms with Gasteiger partial charge in [0.1, 0.15) is 11.6 Å². The van der Waals surface area contributed by atoms with E-state index in [1.165, 1.54) is 18.9 Å². The van der Waals surface area contributed by atoms with E-state index in [0.29, 0.717) is 12.3 Å². The predicted molar refractivity (Wildman–Crippen MR) is 53.4 cm³/mol. The van der Waals surface area contributed by atoms with Crippen LogP contribution in [-0.4, -0.2) is 5.78 Å². The van der Waals surface area contributed by atoms with Crippen molar-refractivity contribution in [2.75, 3.05) is 0 Å². The molecule has 0 spiro atoms. The highest BCUT2D eigenvalue weighted by atomic mass is 19.1. The van der Waals surface area contributed by atoms with Crippen molar-refractivity contribution in [1.29, 1.82) is 0 Å². The second-order valence-corrected chi connectivity index (χ2v) is 4.64. The van der Waals surface area contributed by atoms with Crippen LogP contribution in [0.5, 0.6) is 0 Å². The molecular formula is C12H15FO. The number of Topliss-reactive ketones (excluding diaryl/α,β-unsaturated/α-hetero) is 1. The van der Waals surface area contributed by atoms with Gasteiger partial charge in [-0.2, -0.15) is 0 Å². The van der Waals surface area contributed by atoms with Crippen molar-refractivity contribution >= 4 is 5.78 Å². The summed E-state index contributed by atoms with van der Waals surface area (Å²) in [6.07, 6.45) is 8.15. The summed E-state index contributed by atoms with van der Waals surface area (Å²) in [5, 5.41) is 0. The van der Waals surface area contributed by atoms with Crippen LogP contribution in [0.4, 0.5) is 4.39 Å². The predicted octanol–water partition coefficient (Wildman–Crippen LogP) is 3.18. The lowest BCUT2D eigenvalue weighted by atomic mass is 9.77. The van der Waals surface area contributed by atoms with Crippen molar-refractivity contribution in [3.05, 3.63) is 24.1 Å². The topological polar surface area (TPSA) is 17.1 Å². The van der Waals surface area contributed by atoms with Crippen LogP contribution >= 0.6 is 0 Å². The molecule has 0 heterocycles. The van der Waals surface area contributed by atoms with E-state index >= 15 is 0 Å². The Morgan fingerprint density at radius 3 is 2.93 bits per heavy atom. The van der Waals surface area contributed by atoms with E-state index in [-0.39, 0.29) is 18.0 Å². The van der Waals surface area contributed by atoms with Gasteiger partial charge in [-0.05, 0) is 31.8 Å². The lowest BCUT2D eigenvalue weighted by Gasteiger charge is -2.25. The van der Waals surface area contributed by atoms with Gasteiger partial charge in [0.25, 0.3) is 0 Å². The normalized spacial score (nSPS) is 31.4. The van der Waals surface area contributed by atoms with Crippen molar-refractivity contribution in [3.63, 3.8) is 0 Å². The molecule has 1 atom stereocenters. The maximum atomic E-state index is 13.0. The molecule has 1 fully saturated rings.